The lowest BCUT2D eigenvalue weighted by atomic mass is 10.1. The third-order valence-electron chi connectivity index (χ3n) is 3.59. The number of anilines is 1. The van der Waals surface area contributed by atoms with E-state index in [1.807, 2.05) is 57.2 Å². The number of thiocarbonyl (C=S) groups is 1. The van der Waals surface area contributed by atoms with Gasteiger partial charge >= 0.3 is 0 Å². The summed E-state index contributed by atoms with van der Waals surface area (Å²) < 4.78 is 0. The van der Waals surface area contributed by atoms with E-state index in [2.05, 4.69) is 5.32 Å². The Kier molecular flexibility index (Phi) is 3.85. The lowest BCUT2D eigenvalue weighted by Gasteiger charge is -2.19. The van der Waals surface area contributed by atoms with Gasteiger partial charge < -0.3 is 5.32 Å². The smallest absolute Gasteiger partial charge is 0.281 e. The fraction of sp³-hybridized carbons (Fsp3) is 0.176. The maximum Gasteiger partial charge on any atom is 0.281 e. The van der Waals surface area contributed by atoms with Gasteiger partial charge in [-0.25, -0.2) is 0 Å². The van der Waals surface area contributed by atoms with Gasteiger partial charge in [0.25, 0.3) is 5.91 Å². The molecule has 0 spiro atoms. The van der Waals surface area contributed by atoms with Crippen molar-refractivity contribution in [1.82, 2.24) is 5.32 Å². The number of benzene rings is 1. The lowest BCUT2D eigenvalue weighted by Crippen LogP contribution is -2.31. The summed E-state index contributed by atoms with van der Waals surface area (Å²) in [5.41, 5.74) is 3.46. The molecule has 1 aromatic carbocycles. The molecule has 0 aliphatic carbocycles. The van der Waals surface area contributed by atoms with Gasteiger partial charge in [-0.3, -0.25) is 9.69 Å². The molecule has 0 saturated carbocycles. The highest BCUT2D eigenvalue weighted by molar-refractivity contribution is 7.80. The third-order valence-corrected chi connectivity index (χ3v) is 4.82. The number of carbonyl (C=O) groups is 1. The maximum atomic E-state index is 12.7. The number of nitrogens with zero attached hydrogens (tertiary/aromatic N) is 1. The second-order valence-electron chi connectivity index (χ2n) is 5.32. The monoisotopic (exact) mass is 328 g/mol. The van der Waals surface area contributed by atoms with Crippen molar-refractivity contribution in [2.75, 3.05) is 4.90 Å². The molecule has 1 aromatic heterocycles. The molecule has 112 valence electrons. The van der Waals surface area contributed by atoms with E-state index < -0.39 is 0 Å². The summed E-state index contributed by atoms with van der Waals surface area (Å²) in [7, 11) is 0. The van der Waals surface area contributed by atoms with Gasteiger partial charge in [-0.2, -0.15) is 0 Å². The SMILES string of the molecule is Cc1ccc(/C=C2\NC(=S)N(c3c(C)cccc3C)C2=O)s1. The highest BCUT2D eigenvalue weighted by Crippen LogP contribution is 2.29. The molecular weight excluding hydrogens is 312 g/mol. The van der Waals surface area contributed by atoms with Crippen LogP contribution in [0.2, 0.25) is 0 Å². The number of nitrogens with one attached hydrogen (secondary N) is 1. The van der Waals surface area contributed by atoms with Gasteiger partial charge in [0, 0.05) is 9.75 Å². The predicted molar refractivity (Wildman–Crippen MR) is 96.2 cm³/mol. The number of aryl methyl sites for hydroxylation is 3. The molecule has 3 nitrogen and oxygen atoms in total. The van der Waals surface area contributed by atoms with E-state index in [0.717, 1.165) is 21.7 Å². The van der Waals surface area contributed by atoms with Crippen molar-refractivity contribution in [2.45, 2.75) is 20.8 Å². The Labute approximate surface area is 139 Å². The number of rotatable bonds is 2. The van der Waals surface area contributed by atoms with Crippen LogP contribution in [0.1, 0.15) is 20.9 Å². The molecule has 1 aliphatic rings. The van der Waals surface area contributed by atoms with Crippen molar-refractivity contribution >= 4 is 46.3 Å². The third kappa shape index (κ3) is 2.58. The van der Waals surface area contributed by atoms with Crippen LogP contribution in [-0.4, -0.2) is 11.0 Å². The largest absolute Gasteiger partial charge is 0.327 e. The van der Waals surface area contributed by atoms with Crippen LogP contribution in [0.25, 0.3) is 6.08 Å². The minimum absolute atomic E-state index is 0.103. The number of amides is 1. The first-order valence-electron chi connectivity index (χ1n) is 6.97. The molecule has 1 amide bonds. The van der Waals surface area contributed by atoms with Crippen molar-refractivity contribution < 1.29 is 4.79 Å². The Hall–Kier alpha value is -1.98. The Morgan fingerprint density at radius 3 is 2.41 bits per heavy atom. The Bertz CT molecular complexity index is 784. The highest BCUT2D eigenvalue weighted by atomic mass is 32.1. The molecule has 0 bridgehead atoms. The van der Waals surface area contributed by atoms with Crippen LogP contribution in [0, 0.1) is 20.8 Å². The molecule has 2 heterocycles. The molecule has 1 fully saturated rings. The minimum atomic E-state index is -0.103. The van der Waals surface area contributed by atoms with Crippen LogP contribution in [0.15, 0.2) is 36.0 Å². The van der Waals surface area contributed by atoms with Crippen molar-refractivity contribution in [3.63, 3.8) is 0 Å². The quantitative estimate of drug-likeness (QED) is 0.669. The van der Waals surface area contributed by atoms with E-state index in [0.29, 0.717) is 10.8 Å². The zero-order valence-electron chi connectivity index (χ0n) is 12.6. The van der Waals surface area contributed by atoms with Gasteiger partial charge in [-0.1, -0.05) is 18.2 Å². The van der Waals surface area contributed by atoms with Gasteiger partial charge in [0.05, 0.1) is 5.69 Å². The second-order valence-corrected chi connectivity index (χ2v) is 7.02. The Morgan fingerprint density at radius 1 is 1.14 bits per heavy atom. The average Bonchev–Trinajstić information content (AvgIpc) is 2.97. The van der Waals surface area contributed by atoms with Gasteiger partial charge in [0.1, 0.15) is 5.70 Å². The summed E-state index contributed by atoms with van der Waals surface area (Å²) in [6.07, 6.45) is 1.86. The first kappa shape index (κ1) is 14.9. The van der Waals surface area contributed by atoms with Crippen LogP contribution in [0.5, 0.6) is 0 Å². The number of hydrogen-bond acceptors (Lipinski definition) is 3. The summed E-state index contributed by atoms with van der Waals surface area (Å²) in [6, 6.07) is 10.0. The molecule has 2 aromatic rings. The van der Waals surface area contributed by atoms with Gasteiger partial charge in [0.2, 0.25) is 0 Å². The molecule has 22 heavy (non-hydrogen) atoms. The average molecular weight is 328 g/mol. The summed E-state index contributed by atoms with van der Waals surface area (Å²) in [6.45, 7) is 6.02. The molecule has 0 radical (unpaired) electrons. The van der Waals surface area contributed by atoms with Crippen LogP contribution in [0.3, 0.4) is 0 Å². The highest BCUT2D eigenvalue weighted by Gasteiger charge is 2.33. The number of carbonyl (C=O) groups excluding carboxylic acids is 1. The minimum Gasteiger partial charge on any atom is -0.327 e. The lowest BCUT2D eigenvalue weighted by molar-refractivity contribution is -0.113. The topological polar surface area (TPSA) is 32.3 Å². The van der Waals surface area contributed by atoms with E-state index in [-0.39, 0.29) is 5.91 Å². The molecular formula is C17H16N2OS2. The van der Waals surface area contributed by atoms with E-state index in [1.54, 1.807) is 16.2 Å². The molecule has 0 atom stereocenters. The van der Waals surface area contributed by atoms with Gasteiger partial charge in [-0.15, -0.1) is 11.3 Å². The molecule has 5 heteroatoms. The van der Waals surface area contributed by atoms with Crippen LogP contribution >= 0.6 is 23.6 Å². The van der Waals surface area contributed by atoms with Crippen LogP contribution in [-0.2, 0) is 4.79 Å². The number of thiophene rings is 1. The number of para-hydroxylation sites is 1. The maximum absolute atomic E-state index is 12.7. The molecule has 0 unspecified atom stereocenters. The molecule has 1 aliphatic heterocycles. The molecule has 3 rings (SSSR count). The van der Waals surface area contributed by atoms with E-state index in [9.17, 15) is 4.79 Å². The van der Waals surface area contributed by atoms with Crippen molar-refractivity contribution in [3.05, 3.63) is 56.9 Å². The standard InChI is InChI=1S/C17H16N2OS2/c1-10-5-4-6-11(2)15(10)19-16(20)14(18-17(19)21)9-13-8-7-12(3)22-13/h4-9H,1-3H3,(H,18,21)/b14-9-. The summed E-state index contributed by atoms with van der Waals surface area (Å²) in [4.78, 5) is 16.6. The summed E-state index contributed by atoms with van der Waals surface area (Å²) >= 11 is 7.02. The van der Waals surface area contributed by atoms with Crippen LogP contribution in [0.4, 0.5) is 5.69 Å². The fourth-order valence-corrected chi connectivity index (χ4v) is 3.67. The first-order valence-corrected chi connectivity index (χ1v) is 8.19. The van der Waals surface area contributed by atoms with Crippen molar-refractivity contribution in [2.24, 2.45) is 0 Å². The van der Waals surface area contributed by atoms with E-state index in [1.165, 1.54) is 4.88 Å². The predicted octanol–water partition coefficient (Wildman–Crippen LogP) is 3.94. The van der Waals surface area contributed by atoms with Gasteiger partial charge in [0.15, 0.2) is 5.11 Å². The molecule has 1 saturated heterocycles. The molecule has 1 N–H and O–H groups in total. The second kappa shape index (κ2) is 5.66. The zero-order chi connectivity index (χ0) is 15.9. The van der Waals surface area contributed by atoms with Crippen molar-refractivity contribution in [3.8, 4) is 0 Å². The normalized spacial score (nSPS) is 16.5. The summed E-state index contributed by atoms with van der Waals surface area (Å²) in [5, 5.41) is 3.47. The van der Waals surface area contributed by atoms with Crippen molar-refractivity contribution in [1.29, 1.82) is 0 Å². The fourth-order valence-electron chi connectivity index (χ4n) is 2.57. The van der Waals surface area contributed by atoms with E-state index >= 15 is 0 Å². The Balaban J connectivity index is 2.00. The summed E-state index contributed by atoms with van der Waals surface area (Å²) in [5.74, 6) is -0.103. The van der Waals surface area contributed by atoms with Gasteiger partial charge in [-0.05, 0) is 62.3 Å². The van der Waals surface area contributed by atoms with E-state index in [4.69, 9.17) is 12.2 Å². The zero-order valence-corrected chi connectivity index (χ0v) is 14.3. The Morgan fingerprint density at radius 2 is 1.82 bits per heavy atom. The van der Waals surface area contributed by atoms with Crippen LogP contribution < -0.4 is 10.2 Å². The first-order chi connectivity index (χ1) is 10.5. The number of hydrogen-bond donors (Lipinski definition) is 1.